The van der Waals surface area contributed by atoms with Crippen molar-refractivity contribution >= 4 is 11.9 Å². The number of aliphatic carboxylic acids is 2. The third-order valence-electron chi connectivity index (χ3n) is 4.06. The standard InChI is InChI=1S/C16H21NO5/c17-15(16(20)21)13(9-14(18)19)22-12-7-5-11(6-8-12)10-3-1-2-4-10/h5-8,10,13,15H,1-4,9,17H2,(H,18,19)(H,20,21). The van der Waals surface area contributed by atoms with Crippen molar-refractivity contribution in [3.05, 3.63) is 29.8 Å². The van der Waals surface area contributed by atoms with Crippen molar-refractivity contribution in [3.63, 3.8) is 0 Å². The largest absolute Gasteiger partial charge is 0.488 e. The van der Waals surface area contributed by atoms with E-state index in [9.17, 15) is 9.59 Å². The van der Waals surface area contributed by atoms with Gasteiger partial charge >= 0.3 is 11.9 Å². The first-order chi connectivity index (χ1) is 10.5. The van der Waals surface area contributed by atoms with Crippen molar-refractivity contribution in [1.29, 1.82) is 0 Å². The molecule has 6 nitrogen and oxygen atoms in total. The highest BCUT2D eigenvalue weighted by Gasteiger charge is 2.28. The first kappa shape index (κ1) is 16.3. The van der Waals surface area contributed by atoms with Crippen LogP contribution in [-0.2, 0) is 9.59 Å². The van der Waals surface area contributed by atoms with Crippen molar-refractivity contribution in [3.8, 4) is 5.75 Å². The van der Waals surface area contributed by atoms with Gasteiger partial charge in [-0.2, -0.15) is 0 Å². The van der Waals surface area contributed by atoms with Gasteiger partial charge in [0.15, 0.2) is 0 Å². The third kappa shape index (κ3) is 4.21. The Labute approximate surface area is 128 Å². The summed E-state index contributed by atoms with van der Waals surface area (Å²) < 4.78 is 5.48. The van der Waals surface area contributed by atoms with E-state index in [4.69, 9.17) is 20.7 Å². The monoisotopic (exact) mass is 307 g/mol. The normalized spacial score (nSPS) is 17.9. The van der Waals surface area contributed by atoms with Crippen molar-refractivity contribution in [1.82, 2.24) is 0 Å². The second-order valence-electron chi connectivity index (χ2n) is 5.67. The summed E-state index contributed by atoms with van der Waals surface area (Å²) in [6.45, 7) is 0. The topological polar surface area (TPSA) is 110 Å². The number of carboxylic acid groups (broad SMARTS) is 2. The number of carboxylic acids is 2. The van der Waals surface area contributed by atoms with Gasteiger partial charge in [-0.1, -0.05) is 25.0 Å². The first-order valence-electron chi connectivity index (χ1n) is 7.44. The molecular weight excluding hydrogens is 286 g/mol. The lowest BCUT2D eigenvalue weighted by Crippen LogP contribution is -2.46. The van der Waals surface area contributed by atoms with Gasteiger partial charge in [-0.25, -0.2) is 0 Å². The lowest BCUT2D eigenvalue weighted by atomic mass is 9.98. The van der Waals surface area contributed by atoms with Crippen LogP contribution in [0.5, 0.6) is 5.75 Å². The Balaban J connectivity index is 2.05. The summed E-state index contributed by atoms with van der Waals surface area (Å²) >= 11 is 0. The van der Waals surface area contributed by atoms with Crippen LogP contribution in [-0.4, -0.2) is 34.3 Å². The Kier molecular flexibility index (Phi) is 5.38. The Bertz CT molecular complexity index is 522. The number of carbonyl (C=O) groups is 2. The van der Waals surface area contributed by atoms with Crippen LogP contribution < -0.4 is 10.5 Å². The molecule has 0 spiro atoms. The fourth-order valence-electron chi connectivity index (χ4n) is 2.83. The molecule has 0 saturated heterocycles. The molecule has 2 unspecified atom stereocenters. The minimum atomic E-state index is -1.38. The molecule has 22 heavy (non-hydrogen) atoms. The second-order valence-corrected chi connectivity index (χ2v) is 5.67. The molecule has 1 aliphatic rings. The van der Waals surface area contributed by atoms with E-state index >= 15 is 0 Å². The number of rotatable bonds is 7. The second kappa shape index (κ2) is 7.26. The highest BCUT2D eigenvalue weighted by Crippen LogP contribution is 2.34. The zero-order chi connectivity index (χ0) is 16.1. The van der Waals surface area contributed by atoms with Gasteiger partial charge in [-0.05, 0) is 36.5 Å². The van der Waals surface area contributed by atoms with E-state index in [1.807, 2.05) is 12.1 Å². The third-order valence-corrected chi connectivity index (χ3v) is 4.06. The van der Waals surface area contributed by atoms with Crippen molar-refractivity contribution in [2.45, 2.75) is 50.2 Å². The molecule has 1 saturated carbocycles. The average molecular weight is 307 g/mol. The summed E-state index contributed by atoms with van der Waals surface area (Å²) in [5.74, 6) is -1.42. The van der Waals surface area contributed by atoms with Crippen LogP contribution in [0.4, 0.5) is 0 Å². The number of hydrogen-bond donors (Lipinski definition) is 3. The van der Waals surface area contributed by atoms with Crippen LogP contribution >= 0.6 is 0 Å². The Hall–Kier alpha value is -2.08. The quantitative estimate of drug-likeness (QED) is 0.710. The molecule has 0 amide bonds. The number of benzene rings is 1. The van der Waals surface area contributed by atoms with E-state index in [1.54, 1.807) is 12.1 Å². The van der Waals surface area contributed by atoms with Crippen molar-refractivity contribution in [2.24, 2.45) is 5.73 Å². The van der Waals surface area contributed by atoms with Gasteiger partial charge in [0.2, 0.25) is 0 Å². The molecule has 2 rings (SSSR count). The zero-order valence-electron chi connectivity index (χ0n) is 12.3. The molecule has 1 aromatic rings. The van der Waals surface area contributed by atoms with Crippen LogP contribution in [0.1, 0.15) is 43.6 Å². The van der Waals surface area contributed by atoms with Gasteiger partial charge in [-0.15, -0.1) is 0 Å². The lowest BCUT2D eigenvalue weighted by Gasteiger charge is -2.21. The SMILES string of the molecule is NC(C(=O)O)C(CC(=O)O)Oc1ccc(C2CCCC2)cc1. The van der Waals surface area contributed by atoms with E-state index in [-0.39, 0.29) is 0 Å². The van der Waals surface area contributed by atoms with Gasteiger partial charge in [-0.3, -0.25) is 9.59 Å². The minimum absolute atomic E-state index is 0.435. The molecule has 0 aromatic heterocycles. The van der Waals surface area contributed by atoms with Crippen LogP contribution in [0.25, 0.3) is 0 Å². The fraction of sp³-hybridized carbons (Fsp3) is 0.500. The molecule has 0 aliphatic heterocycles. The predicted octanol–water partition coefficient (Wildman–Crippen LogP) is 1.98. The Morgan fingerprint density at radius 3 is 2.27 bits per heavy atom. The molecule has 1 aromatic carbocycles. The maximum atomic E-state index is 10.9. The summed E-state index contributed by atoms with van der Waals surface area (Å²) in [6.07, 6.45) is 3.30. The summed E-state index contributed by atoms with van der Waals surface area (Å²) in [5, 5.41) is 17.8. The Morgan fingerprint density at radius 2 is 1.77 bits per heavy atom. The molecule has 4 N–H and O–H groups in total. The van der Waals surface area contributed by atoms with E-state index in [2.05, 4.69) is 0 Å². The summed E-state index contributed by atoms with van der Waals surface area (Å²) in [5.41, 5.74) is 6.74. The summed E-state index contributed by atoms with van der Waals surface area (Å²) in [4.78, 5) is 21.8. The maximum absolute atomic E-state index is 10.9. The molecule has 2 atom stereocenters. The van der Waals surface area contributed by atoms with E-state index in [0.29, 0.717) is 11.7 Å². The average Bonchev–Trinajstić information content (AvgIpc) is 3.00. The van der Waals surface area contributed by atoms with Crippen LogP contribution in [0, 0.1) is 0 Å². The van der Waals surface area contributed by atoms with Crippen LogP contribution in [0.3, 0.4) is 0 Å². The van der Waals surface area contributed by atoms with Gasteiger partial charge in [0.1, 0.15) is 17.9 Å². The highest BCUT2D eigenvalue weighted by molar-refractivity contribution is 5.76. The van der Waals surface area contributed by atoms with E-state index in [0.717, 1.165) is 0 Å². The molecule has 1 fully saturated rings. The van der Waals surface area contributed by atoms with Gasteiger partial charge in [0, 0.05) is 0 Å². The maximum Gasteiger partial charge on any atom is 0.324 e. The minimum Gasteiger partial charge on any atom is -0.488 e. The fourth-order valence-corrected chi connectivity index (χ4v) is 2.83. The molecule has 6 heteroatoms. The summed E-state index contributed by atoms with van der Waals surface area (Å²) in [6, 6.07) is 6.02. The highest BCUT2D eigenvalue weighted by atomic mass is 16.5. The van der Waals surface area contributed by atoms with Crippen molar-refractivity contribution in [2.75, 3.05) is 0 Å². The van der Waals surface area contributed by atoms with E-state index < -0.39 is 30.5 Å². The molecular formula is C16H21NO5. The Morgan fingerprint density at radius 1 is 1.18 bits per heavy atom. The lowest BCUT2D eigenvalue weighted by molar-refractivity contribution is -0.143. The molecule has 1 aliphatic carbocycles. The number of hydrogen-bond acceptors (Lipinski definition) is 4. The molecule has 120 valence electrons. The van der Waals surface area contributed by atoms with Crippen LogP contribution in [0.15, 0.2) is 24.3 Å². The van der Waals surface area contributed by atoms with Gasteiger partial charge in [0.25, 0.3) is 0 Å². The molecule has 0 radical (unpaired) electrons. The smallest absolute Gasteiger partial charge is 0.324 e. The first-order valence-corrected chi connectivity index (χ1v) is 7.44. The van der Waals surface area contributed by atoms with E-state index in [1.165, 1.54) is 31.2 Å². The zero-order valence-corrected chi connectivity index (χ0v) is 12.3. The molecule has 0 bridgehead atoms. The van der Waals surface area contributed by atoms with Crippen LogP contribution in [0.2, 0.25) is 0 Å². The number of ether oxygens (including phenoxy) is 1. The number of nitrogens with two attached hydrogens (primary N) is 1. The van der Waals surface area contributed by atoms with Gasteiger partial charge < -0.3 is 20.7 Å². The summed E-state index contributed by atoms with van der Waals surface area (Å²) in [7, 11) is 0. The predicted molar refractivity (Wildman–Crippen MR) is 79.9 cm³/mol. The van der Waals surface area contributed by atoms with Gasteiger partial charge in [0.05, 0.1) is 6.42 Å². The van der Waals surface area contributed by atoms with Crippen molar-refractivity contribution < 1.29 is 24.5 Å². The molecule has 0 heterocycles.